The standard InChI is InChI=1S/C14H19Cl2NO2S/c15-10-7-8-11(16)14(9-10)20(18,19)13-6-4-2-1-3-5-12(13)17/h7-9,12-13H,1-6,17H2. The van der Waals surface area contributed by atoms with Gasteiger partial charge in [0.1, 0.15) is 0 Å². The minimum absolute atomic E-state index is 0.104. The largest absolute Gasteiger partial charge is 0.327 e. The summed E-state index contributed by atoms with van der Waals surface area (Å²) in [4.78, 5) is 0.104. The van der Waals surface area contributed by atoms with Crippen molar-refractivity contribution in [1.29, 1.82) is 0 Å². The minimum Gasteiger partial charge on any atom is -0.327 e. The van der Waals surface area contributed by atoms with Crippen molar-refractivity contribution in [2.24, 2.45) is 5.73 Å². The molecule has 0 saturated heterocycles. The molecule has 6 heteroatoms. The summed E-state index contributed by atoms with van der Waals surface area (Å²) in [5, 5.41) is 0.00909. The highest BCUT2D eigenvalue weighted by Crippen LogP contribution is 2.32. The van der Waals surface area contributed by atoms with Gasteiger partial charge in [-0.3, -0.25) is 0 Å². The van der Waals surface area contributed by atoms with Gasteiger partial charge in [0.05, 0.1) is 15.2 Å². The van der Waals surface area contributed by atoms with Crippen LogP contribution in [0.4, 0.5) is 0 Å². The van der Waals surface area contributed by atoms with E-state index in [0.717, 1.165) is 32.1 Å². The van der Waals surface area contributed by atoms with E-state index in [1.807, 2.05) is 0 Å². The predicted molar refractivity (Wildman–Crippen MR) is 83.1 cm³/mol. The van der Waals surface area contributed by atoms with E-state index < -0.39 is 15.1 Å². The number of halogens is 2. The molecule has 3 nitrogen and oxygen atoms in total. The molecule has 0 radical (unpaired) electrons. The van der Waals surface area contributed by atoms with Crippen LogP contribution >= 0.6 is 23.2 Å². The lowest BCUT2D eigenvalue weighted by Gasteiger charge is -2.26. The average Bonchev–Trinajstić information content (AvgIpc) is 2.36. The van der Waals surface area contributed by atoms with Crippen molar-refractivity contribution in [2.45, 2.75) is 54.7 Å². The van der Waals surface area contributed by atoms with Crippen LogP contribution in [0, 0.1) is 0 Å². The Morgan fingerprint density at radius 3 is 2.40 bits per heavy atom. The molecule has 1 saturated carbocycles. The molecule has 0 aliphatic heterocycles. The van der Waals surface area contributed by atoms with Crippen LogP contribution in [-0.2, 0) is 9.84 Å². The highest BCUT2D eigenvalue weighted by Gasteiger charge is 2.34. The molecule has 1 fully saturated rings. The molecule has 2 N–H and O–H groups in total. The first kappa shape index (κ1) is 16.1. The molecular formula is C14H19Cl2NO2S. The third-order valence-electron chi connectivity index (χ3n) is 3.85. The number of sulfone groups is 1. The Bertz CT molecular complexity index is 575. The van der Waals surface area contributed by atoms with Crippen molar-refractivity contribution in [3.05, 3.63) is 28.2 Å². The van der Waals surface area contributed by atoms with E-state index in [-0.39, 0.29) is 16.0 Å². The molecule has 0 bridgehead atoms. The normalized spacial score (nSPS) is 24.9. The van der Waals surface area contributed by atoms with Gasteiger partial charge in [0.2, 0.25) is 0 Å². The van der Waals surface area contributed by atoms with Crippen molar-refractivity contribution in [3.8, 4) is 0 Å². The number of benzene rings is 1. The Morgan fingerprint density at radius 2 is 1.70 bits per heavy atom. The molecule has 0 spiro atoms. The maximum absolute atomic E-state index is 12.8. The first-order chi connectivity index (χ1) is 9.43. The van der Waals surface area contributed by atoms with Crippen LogP contribution in [0.3, 0.4) is 0 Å². The second kappa shape index (κ2) is 6.65. The summed E-state index contributed by atoms with van der Waals surface area (Å²) in [6.45, 7) is 0. The van der Waals surface area contributed by atoms with Gasteiger partial charge in [-0.05, 0) is 31.0 Å². The summed E-state index contributed by atoms with van der Waals surface area (Å²) in [7, 11) is -3.55. The summed E-state index contributed by atoms with van der Waals surface area (Å²) in [5.74, 6) is 0. The molecular weight excluding hydrogens is 317 g/mol. The Kier molecular flexibility index (Phi) is 5.35. The summed E-state index contributed by atoms with van der Waals surface area (Å²) >= 11 is 11.9. The molecule has 112 valence electrons. The van der Waals surface area contributed by atoms with Gasteiger partial charge in [-0.1, -0.05) is 48.9 Å². The third-order valence-corrected chi connectivity index (χ3v) is 6.86. The fourth-order valence-corrected chi connectivity index (χ4v) is 5.43. The quantitative estimate of drug-likeness (QED) is 0.893. The van der Waals surface area contributed by atoms with Gasteiger partial charge in [-0.2, -0.15) is 0 Å². The van der Waals surface area contributed by atoms with Gasteiger partial charge in [0, 0.05) is 11.1 Å². The average molecular weight is 336 g/mol. The lowest BCUT2D eigenvalue weighted by molar-refractivity contribution is 0.444. The highest BCUT2D eigenvalue weighted by molar-refractivity contribution is 7.92. The van der Waals surface area contributed by atoms with Crippen LogP contribution in [0.5, 0.6) is 0 Å². The van der Waals surface area contributed by atoms with Crippen molar-refractivity contribution >= 4 is 33.0 Å². The third kappa shape index (κ3) is 3.48. The molecule has 0 amide bonds. The molecule has 1 aromatic carbocycles. The molecule has 2 unspecified atom stereocenters. The van der Waals surface area contributed by atoms with Gasteiger partial charge in [-0.15, -0.1) is 0 Å². The summed E-state index contributed by atoms with van der Waals surface area (Å²) in [6, 6.07) is 4.19. The van der Waals surface area contributed by atoms with E-state index in [2.05, 4.69) is 0 Å². The van der Waals surface area contributed by atoms with Crippen LogP contribution in [0.1, 0.15) is 38.5 Å². The molecule has 20 heavy (non-hydrogen) atoms. The zero-order valence-electron chi connectivity index (χ0n) is 11.2. The van der Waals surface area contributed by atoms with Gasteiger partial charge in [0.25, 0.3) is 0 Å². The lowest BCUT2D eigenvalue weighted by atomic mass is 9.97. The second-order valence-corrected chi connectivity index (χ2v) is 8.29. The van der Waals surface area contributed by atoms with Crippen molar-refractivity contribution < 1.29 is 8.42 Å². The first-order valence-electron chi connectivity index (χ1n) is 6.87. The van der Waals surface area contributed by atoms with Crippen LogP contribution in [0.2, 0.25) is 10.0 Å². The molecule has 0 heterocycles. The Morgan fingerprint density at radius 1 is 1.05 bits per heavy atom. The topological polar surface area (TPSA) is 60.2 Å². The van der Waals surface area contributed by atoms with Gasteiger partial charge in [0.15, 0.2) is 9.84 Å². The minimum atomic E-state index is -3.55. The van der Waals surface area contributed by atoms with Crippen molar-refractivity contribution in [2.75, 3.05) is 0 Å². The predicted octanol–water partition coefficient (Wildman–Crippen LogP) is 3.82. The second-order valence-electron chi connectivity index (χ2n) is 5.31. The number of hydrogen-bond acceptors (Lipinski definition) is 3. The van der Waals surface area contributed by atoms with Crippen LogP contribution in [-0.4, -0.2) is 19.7 Å². The van der Waals surface area contributed by atoms with E-state index in [9.17, 15) is 8.42 Å². The maximum atomic E-state index is 12.8. The Labute approximate surface area is 130 Å². The zero-order valence-corrected chi connectivity index (χ0v) is 13.5. The van der Waals surface area contributed by atoms with E-state index in [1.165, 1.54) is 12.1 Å². The van der Waals surface area contributed by atoms with Crippen molar-refractivity contribution in [3.63, 3.8) is 0 Å². The van der Waals surface area contributed by atoms with E-state index >= 15 is 0 Å². The lowest BCUT2D eigenvalue weighted by Crippen LogP contribution is -2.41. The Hall–Kier alpha value is -0.290. The van der Waals surface area contributed by atoms with Gasteiger partial charge >= 0.3 is 0 Å². The summed E-state index contributed by atoms with van der Waals surface area (Å²) < 4.78 is 25.6. The van der Waals surface area contributed by atoms with E-state index in [4.69, 9.17) is 28.9 Å². The van der Waals surface area contributed by atoms with E-state index in [1.54, 1.807) is 6.07 Å². The smallest absolute Gasteiger partial charge is 0.184 e. The first-order valence-corrected chi connectivity index (χ1v) is 9.17. The monoisotopic (exact) mass is 335 g/mol. The molecule has 0 aromatic heterocycles. The fourth-order valence-electron chi connectivity index (χ4n) is 2.72. The SMILES string of the molecule is NC1CCCCCCC1S(=O)(=O)c1cc(Cl)ccc1Cl. The summed E-state index contributed by atoms with van der Waals surface area (Å²) in [5.41, 5.74) is 6.10. The zero-order chi connectivity index (χ0) is 14.8. The number of hydrogen-bond donors (Lipinski definition) is 1. The molecule has 2 atom stereocenters. The molecule has 2 rings (SSSR count). The van der Waals surface area contributed by atoms with Gasteiger partial charge < -0.3 is 5.73 Å². The fraction of sp³-hybridized carbons (Fsp3) is 0.571. The van der Waals surface area contributed by atoms with Crippen LogP contribution in [0.15, 0.2) is 23.1 Å². The number of nitrogens with two attached hydrogens (primary N) is 1. The maximum Gasteiger partial charge on any atom is 0.184 e. The highest BCUT2D eigenvalue weighted by atomic mass is 35.5. The Balaban J connectivity index is 2.39. The molecule has 1 aliphatic rings. The van der Waals surface area contributed by atoms with Crippen molar-refractivity contribution in [1.82, 2.24) is 0 Å². The molecule has 1 aliphatic carbocycles. The number of rotatable bonds is 2. The summed E-state index contributed by atoms with van der Waals surface area (Å²) in [6.07, 6.45) is 5.38. The van der Waals surface area contributed by atoms with Crippen LogP contribution < -0.4 is 5.73 Å². The van der Waals surface area contributed by atoms with Crippen LogP contribution in [0.25, 0.3) is 0 Å². The van der Waals surface area contributed by atoms with Gasteiger partial charge in [-0.25, -0.2) is 8.42 Å². The molecule has 1 aromatic rings. The van der Waals surface area contributed by atoms with E-state index in [0.29, 0.717) is 11.4 Å².